The fraction of sp³-hybridized carbons (Fsp3) is 0.444. The number of aromatic amines is 1. The van der Waals surface area contributed by atoms with Crippen LogP contribution in [0.2, 0.25) is 0 Å². The van der Waals surface area contributed by atoms with Gasteiger partial charge in [0.2, 0.25) is 0 Å². The van der Waals surface area contributed by atoms with Crippen molar-refractivity contribution in [3.05, 3.63) is 11.8 Å². The summed E-state index contributed by atoms with van der Waals surface area (Å²) in [6, 6.07) is 0. The Bertz CT molecular complexity index is 377. The monoisotopic (exact) mass is 242 g/mol. The Kier molecular flexibility index (Phi) is 4.71. The van der Waals surface area contributed by atoms with Crippen LogP contribution in [0, 0.1) is 0 Å². The van der Waals surface area contributed by atoms with Gasteiger partial charge in [0.05, 0.1) is 12.8 Å². The molecule has 0 saturated heterocycles. The number of hydrogen-bond acceptors (Lipinski definition) is 4. The predicted molar refractivity (Wildman–Crippen MR) is 64.4 cm³/mol. The number of aromatic nitrogens is 2. The number of carbonyl (C=O) groups is 1. The fourth-order valence-electron chi connectivity index (χ4n) is 1.06. The van der Waals surface area contributed by atoms with E-state index in [1.54, 1.807) is 6.92 Å². The van der Waals surface area contributed by atoms with E-state index < -0.39 is 5.97 Å². The van der Waals surface area contributed by atoms with Gasteiger partial charge < -0.3 is 15.4 Å². The highest BCUT2D eigenvalue weighted by Gasteiger charge is 2.15. The second-order valence-corrected chi connectivity index (χ2v) is 3.27. The highest BCUT2D eigenvalue weighted by molar-refractivity contribution is 7.80. The highest BCUT2D eigenvalue weighted by atomic mass is 32.1. The average molecular weight is 242 g/mol. The molecular formula is C9H14N4O2S. The number of nitrogens with one attached hydrogen (secondary N) is 3. The van der Waals surface area contributed by atoms with Crippen LogP contribution in [-0.4, -0.2) is 34.4 Å². The molecule has 0 atom stereocenters. The average Bonchev–Trinajstić information content (AvgIpc) is 2.66. The maximum atomic E-state index is 11.5. The number of H-pyrrole nitrogens is 1. The molecule has 0 aliphatic rings. The van der Waals surface area contributed by atoms with Crippen molar-refractivity contribution in [3.8, 4) is 0 Å². The molecule has 6 nitrogen and oxygen atoms in total. The van der Waals surface area contributed by atoms with Gasteiger partial charge in [-0.15, -0.1) is 0 Å². The third kappa shape index (κ3) is 3.20. The van der Waals surface area contributed by atoms with Gasteiger partial charge in [-0.05, 0) is 26.1 Å². The summed E-state index contributed by atoms with van der Waals surface area (Å²) in [5.74, 6) is 0.00227. The lowest BCUT2D eigenvalue weighted by atomic mass is 10.3. The largest absolute Gasteiger partial charge is 0.462 e. The number of carbonyl (C=O) groups excluding carboxylic acids is 1. The van der Waals surface area contributed by atoms with Crippen LogP contribution in [0.25, 0.3) is 0 Å². The number of nitrogens with zero attached hydrogens (tertiary/aromatic N) is 1. The summed E-state index contributed by atoms with van der Waals surface area (Å²) >= 11 is 4.99. The zero-order chi connectivity index (χ0) is 12.0. The molecule has 0 fully saturated rings. The maximum absolute atomic E-state index is 11.5. The molecular weight excluding hydrogens is 228 g/mol. The van der Waals surface area contributed by atoms with E-state index in [-0.39, 0.29) is 0 Å². The summed E-state index contributed by atoms with van der Waals surface area (Å²) in [7, 11) is 0. The topological polar surface area (TPSA) is 79.0 Å². The minimum atomic E-state index is -0.432. The van der Waals surface area contributed by atoms with Crippen LogP contribution >= 0.6 is 12.2 Å². The van der Waals surface area contributed by atoms with Crippen molar-refractivity contribution < 1.29 is 9.53 Å². The van der Waals surface area contributed by atoms with Crippen molar-refractivity contribution in [3.63, 3.8) is 0 Å². The predicted octanol–water partition coefficient (Wildman–Crippen LogP) is 0.893. The first-order valence-electron chi connectivity index (χ1n) is 4.94. The zero-order valence-electron chi connectivity index (χ0n) is 9.16. The molecule has 3 N–H and O–H groups in total. The van der Waals surface area contributed by atoms with E-state index in [1.807, 2.05) is 6.92 Å². The number of rotatable bonds is 4. The first-order chi connectivity index (χ1) is 7.69. The molecule has 0 aliphatic carbocycles. The third-order valence-corrected chi connectivity index (χ3v) is 1.96. The molecule has 1 aromatic heterocycles. The third-order valence-electron chi connectivity index (χ3n) is 1.71. The fourth-order valence-corrected chi connectivity index (χ4v) is 1.31. The van der Waals surface area contributed by atoms with E-state index in [0.717, 1.165) is 0 Å². The summed E-state index contributed by atoms with van der Waals surface area (Å²) in [6.45, 7) is 4.69. The Morgan fingerprint density at radius 3 is 3.00 bits per heavy atom. The number of esters is 1. The zero-order valence-corrected chi connectivity index (χ0v) is 9.98. The maximum Gasteiger partial charge on any atom is 0.343 e. The normalized spacial score (nSPS) is 9.62. The van der Waals surface area contributed by atoms with Gasteiger partial charge in [-0.1, -0.05) is 0 Å². The van der Waals surface area contributed by atoms with Crippen LogP contribution < -0.4 is 10.6 Å². The molecule has 0 bridgehead atoms. The number of thiocarbonyl (C=S) groups is 1. The SMILES string of the molecule is CCNC(=S)Nc1[nH]ncc1C(=O)OCC. The first kappa shape index (κ1) is 12.4. The Morgan fingerprint density at radius 2 is 2.38 bits per heavy atom. The molecule has 0 aliphatic heterocycles. The van der Waals surface area contributed by atoms with Gasteiger partial charge in [0, 0.05) is 6.54 Å². The molecule has 0 saturated carbocycles. The standard InChI is InChI=1S/C9H14N4O2S/c1-3-10-9(16)12-7-6(5-11-13-7)8(14)15-4-2/h5H,3-4H2,1-2H3,(H3,10,11,12,13,16). The second-order valence-electron chi connectivity index (χ2n) is 2.86. The Hall–Kier alpha value is -1.63. The molecule has 0 unspecified atom stereocenters. The molecule has 16 heavy (non-hydrogen) atoms. The lowest BCUT2D eigenvalue weighted by Crippen LogP contribution is -2.28. The number of ether oxygens (including phenoxy) is 1. The van der Waals surface area contributed by atoms with Crippen LogP contribution in [0.1, 0.15) is 24.2 Å². The van der Waals surface area contributed by atoms with Gasteiger partial charge in [-0.2, -0.15) is 5.10 Å². The minimum absolute atomic E-state index is 0.321. The molecule has 88 valence electrons. The van der Waals surface area contributed by atoms with Crippen LogP contribution in [0.4, 0.5) is 5.82 Å². The molecule has 0 aromatic carbocycles. The second kappa shape index (κ2) is 6.06. The minimum Gasteiger partial charge on any atom is -0.462 e. The Balaban J connectivity index is 2.70. The van der Waals surface area contributed by atoms with Crippen molar-refractivity contribution in [2.75, 3.05) is 18.5 Å². The van der Waals surface area contributed by atoms with Crippen molar-refractivity contribution >= 4 is 29.1 Å². The molecule has 7 heteroatoms. The van der Waals surface area contributed by atoms with Gasteiger partial charge in [-0.25, -0.2) is 4.79 Å². The summed E-state index contributed by atoms with van der Waals surface area (Å²) in [5.41, 5.74) is 0.335. The first-order valence-corrected chi connectivity index (χ1v) is 5.35. The van der Waals surface area contributed by atoms with Gasteiger partial charge in [-0.3, -0.25) is 5.10 Å². The lowest BCUT2D eigenvalue weighted by Gasteiger charge is -2.08. The summed E-state index contributed by atoms with van der Waals surface area (Å²) in [6.07, 6.45) is 1.40. The van der Waals surface area contributed by atoms with E-state index in [0.29, 0.717) is 29.6 Å². The summed E-state index contributed by atoms with van der Waals surface area (Å²) in [5, 5.41) is 12.6. The van der Waals surface area contributed by atoms with Crippen LogP contribution in [0.5, 0.6) is 0 Å². The number of hydrogen-bond donors (Lipinski definition) is 3. The molecule has 1 aromatic rings. The van der Waals surface area contributed by atoms with Gasteiger partial charge in [0.25, 0.3) is 0 Å². The van der Waals surface area contributed by atoms with Crippen molar-refractivity contribution in [1.29, 1.82) is 0 Å². The molecule has 1 rings (SSSR count). The molecule has 1 heterocycles. The van der Waals surface area contributed by atoms with Crippen LogP contribution in [-0.2, 0) is 4.74 Å². The highest BCUT2D eigenvalue weighted by Crippen LogP contribution is 2.11. The smallest absolute Gasteiger partial charge is 0.343 e. The van der Waals surface area contributed by atoms with Gasteiger partial charge in [0.15, 0.2) is 5.11 Å². The van der Waals surface area contributed by atoms with E-state index in [9.17, 15) is 4.79 Å². The Labute approximate surface area is 98.8 Å². The summed E-state index contributed by atoms with van der Waals surface area (Å²) in [4.78, 5) is 11.5. The van der Waals surface area contributed by atoms with Gasteiger partial charge >= 0.3 is 5.97 Å². The number of anilines is 1. The van der Waals surface area contributed by atoms with E-state index in [2.05, 4.69) is 20.8 Å². The van der Waals surface area contributed by atoms with E-state index >= 15 is 0 Å². The van der Waals surface area contributed by atoms with Crippen molar-refractivity contribution in [2.45, 2.75) is 13.8 Å². The molecule has 0 amide bonds. The van der Waals surface area contributed by atoms with E-state index in [4.69, 9.17) is 17.0 Å². The van der Waals surface area contributed by atoms with Gasteiger partial charge in [0.1, 0.15) is 11.4 Å². The summed E-state index contributed by atoms with van der Waals surface area (Å²) < 4.78 is 4.87. The molecule has 0 spiro atoms. The van der Waals surface area contributed by atoms with Crippen molar-refractivity contribution in [1.82, 2.24) is 15.5 Å². The van der Waals surface area contributed by atoms with Crippen LogP contribution in [0.15, 0.2) is 6.20 Å². The Morgan fingerprint density at radius 1 is 1.62 bits per heavy atom. The lowest BCUT2D eigenvalue weighted by molar-refractivity contribution is 0.0527. The van der Waals surface area contributed by atoms with E-state index in [1.165, 1.54) is 6.20 Å². The van der Waals surface area contributed by atoms with Crippen molar-refractivity contribution in [2.24, 2.45) is 0 Å². The quantitative estimate of drug-likeness (QED) is 0.537. The molecule has 0 radical (unpaired) electrons. The van der Waals surface area contributed by atoms with Crippen LogP contribution in [0.3, 0.4) is 0 Å².